The fourth-order valence-corrected chi connectivity index (χ4v) is 9.32. The van der Waals surface area contributed by atoms with Gasteiger partial charge in [0, 0.05) is 32.0 Å². The Hall–Kier alpha value is -6.08. The van der Waals surface area contributed by atoms with Crippen molar-refractivity contribution in [3.8, 4) is 22.4 Å². The Labute approximate surface area is 305 Å². The van der Waals surface area contributed by atoms with E-state index in [-0.39, 0.29) is 12.3 Å². The number of rotatable bonds is 4. The summed E-state index contributed by atoms with van der Waals surface area (Å²) in [6.45, 7) is 0. The molecule has 0 bridgehead atoms. The molecule has 4 heterocycles. The molecule has 9 aromatic rings. The molecule has 2 aliphatic rings. The van der Waals surface area contributed by atoms with Gasteiger partial charge in [-0.1, -0.05) is 163 Å². The molecule has 0 saturated carbocycles. The molecule has 4 nitrogen and oxygen atoms in total. The van der Waals surface area contributed by atoms with Gasteiger partial charge in [0.05, 0.1) is 15.9 Å². The Bertz CT molecular complexity index is 2910. The summed E-state index contributed by atoms with van der Waals surface area (Å²) in [7, 11) is 2.32. The summed E-state index contributed by atoms with van der Waals surface area (Å²) in [6.07, 6.45) is -0.446. The lowest BCUT2D eigenvalue weighted by Crippen LogP contribution is -2.47. The third-order valence-corrected chi connectivity index (χ3v) is 11.8. The number of amidine groups is 1. The molecule has 0 saturated heterocycles. The van der Waals surface area contributed by atoms with Crippen LogP contribution < -0.4 is 21.6 Å². The van der Waals surface area contributed by atoms with E-state index in [9.17, 15) is 0 Å². The second kappa shape index (κ2) is 11.7. The maximum absolute atomic E-state index is 5.37. The van der Waals surface area contributed by atoms with Gasteiger partial charge in [0.25, 0.3) is 0 Å². The van der Waals surface area contributed by atoms with Crippen LogP contribution in [-0.2, 0) is 0 Å². The Balaban J connectivity index is 1.03. The van der Waals surface area contributed by atoms with E-state index >= 15 is 0 Å². The largest absolute Gasteiger partial charge is 0.350 e. The van der Waals surface area contributed by atoms with Crippen LogP contribution in [0.25, 0.3) is 64.2 Å². The van der Waals surface area contributed by atoms with Crippen LogP contribution in [0, 0.1) is 0 Å². The normalized spacial score (nSPS) is 16.4. The van der Waals surface area contributed by atoms with E-state index in [1.165, 1.54) is 63.9 Å². The highest BCUT2D eigenvalue weighted by atomic mass is 32.1. The highest BCUT2D eigenvalue weighted by molar-refractivity contribution is 7.26. The number of aromatic nitrogens is 1. The first-order valence-corrected chi connectivity index (χ1v) is 18.5. The van der Waals surface area contributed by atoms with Crippen molar-refractivity contribution in [2.24, 2.45) is 4.99 Å². The van der Waals surface area contributed by atoms with Crippen molar-refractivity contribution >= 4 is 77.2 Å². The first-order chi connectivity index (χ1) is 25.8. The topological polar surface area (TPSA) is 49.3 Å². The number of fused-ring (bicyclic) bond motifs is 9. The molecular weight excluding hydrogens is 651 g/mol. The molecular formula is C46H30BN4S. The van der Waals surface area contributed by atoms with Crippen LogP contribution in [0.15, 0.2) is 163 Å². The van der Waals surface area contributed by atoms with Crippen molar-refractivity contribution in [2.45, 2.75) is 12.3 Å². The van der Waals surface area contributed by atoms with Gasteiger partial charge in [-0.2, -0.15) is 0 Å². The summed E-state index contributed by atoms with van der Waals surface area (Å²) < 4.78 is 2.50. The standard InChI is InChI=1S/C46H30BN4S/c1-2-13-30-27(11-1)12-9-19-35(30)45-49-44(50-46(51-45)37-20-10-18-32-31-14-5-7-21-38(31)47-40(32)37)29-25-23-28(24-26-29)41-33-15-3-4-16-34(33)43-42(48-41)36-17-6-8-22-39(36)52-43/h1-26,44,46,50H,(H,49,51). The summed E-state index contributed by atoms with van der Waals surface area (Å²) >= 11 is 1.82. The van der Waals surface area contributed by atoms with Gasteiger partial charge in [-0.15, -0.1) is 11.3 Å². The van der Waals surface area contributed by atoms with Crippen molar-refractivity contribution in [1.82, 2.24) is 15.6 Å². The average molecular weight is 682 g/mol. The highest BCUT2D eigenvalue weighted by Crippen LogP contribution is 2.41. The number of hydrogen-bond acceptors (Lipinski definition) is 5. The zero-order valence-electron chi connectivity index (χ0n) is 28.0. The van der Waals surface area contributed by atoms with E-state index in [2.05, 4.69) is 176 Å². The molecule has 0 amide bonds. The Morgan fingerprint density at radius 1 is 0.577 bits per heavy atom. The lowest BCUT2D eigenvalue weighted by molar-refractivity contribution is 0.410. The van der Waals surface area contributed by atoms with E-state index in [1.54, 1.807) is 0 Å². The van der Waals surface area contributed by atoms with Crippen molar-refractivity contribution in [3.63, 3.8) is 0 Å². The van der Waals surface area contributed by atoms with Crippen LogP contribution in [-0.4, -0.2) is 18.1 Å². The Morgan fingerprint density at radius 2 is 1.27 bits per heavy atom. The SMILES string of the molecule is [B]1c2ccccc2-c2cccc(C3NC(c4cccc5ccccc45)=NC(c4ccc(-c5nc6c7ccccc7sc6c6ccccc56)cc4)N3)c21. The molecule has 0 spiro atoms. The van der Waals surface area contributed by atoms with Crippen molar-refractivity contribution in [1.29, 1.82) is 0 Å². The van der Waals surface area contributed by atoms with Gasteiger partial charge in [0.1, 0.15) is 18.2 Å². The van der Waals surface area contributed by atoms with Gasteiger partial charge < -0.3 is 5.32 Å². The minimum Gasteiger partial charge on any atom is -0.350 e. The second-order valence-corrected chi connectivity index (χ2v) is 14.6. The van der Waals surface area contributed by atoms with E-state index in [0.717, 1.165) is 33.7 Å². The summed E-state index contributed by atoms with van der Waals surface area (Å²) in [4.78, 5) is 10.7. The molecule has 2 aromatic heterocycles. The molecule has 2 unspecified atom stereocenters. The van der Waals surface area contributed by atoms with Crippen LogP contribution in [0.1, 0.15) is 29.0 Å². The minimum absolute atomic E-state index is 0.170. The monoisotopic (exact) mass is 681 g/mol. The van der Waals surface area contributed by atoms with Crippen LogP contribution in [0.2, 0.25) is 0 Å². The van der Waals surface area contributed by atoms with Crippen molar-refractivity contribution in [3.05, 3.63) is 174 Å². The third-order valence-electron chi connectivity index (χ3n) is 10.6. The van der Waals surface area contributed by atoms with Gasteiger partial charge in [0.15, 0.2) is 7.28 Å². The smallest absolute Gasteiger partial charge is 0.193 e. The quantitative estimate of drug-likeness (QED) is 0.182. The number of nitrogens with one attached hydrogen (secondary N) is 2. The van der Waals surface area contributed by atoms with Gasteiger partial charge >= 0.3 is 0 Å². The van der Waals surface area contributed by atoms with Gasteiger partial charge in [-0.3, -0.25) is 5.32 Å². The summed E-state index contributed by atoms with van der Waals surface area (Å²) in [5.74, 6) is 0.880. The number of thiophene rings is 1. The van der Waals surface area contributed by atoms with Crippen molar-refractivity contribution in [2.75, 3.05) is 0 Å². The summed E-state index contributed by atoms with van der Waals surface area (Å²) in [6, 6.07) is 56.4. The second-order valence-electron chi connectivity index (χ2n) is 13.6. The lowest BCUT2D eigenvalue weighted by atomic mass is 9.66. The Kier molecular flexibility index (Phi) is 6.69. The molecule has 2 N–H and O–H groups in total. The molecule has 0 fully saturated rings. The van der Waals surface area contributed by atoms with Crippen LogP contribution in [0.3, 0.4) is 0 Å². The maximum Gasteiger partial charge on any atom is 0.193 e. The average Bonchev–Trinajstić information content (AvgIpc) is 3.79. The summed E-state index contributed by atoms with van der Waals surface area (Å²) in [5, 5.41) is 13.7. The molecule has 243 valence electrons. The third kappa shape index (κ3) is 4.65. The number of pyridine rings is 1. The first kappa shape index (κ1) is 29.6. The van der Waals surface area contributed by atoms with E-state index in [4.69, 9.17) is 9.98 Å². The fourth-order valence-electron chi connectivity index (χ4n) is 8.14. The molecule has 6 heteroatoms. The highest BCUT2D eigenvalue weighted by Gasteiger charge is 2.31. The number of benzene rings is 7. The molecule has 0 aliphatic carbocycles. The molecule has 11 rings (SSSR count). The predicted molar refractivity (Wildman–Crippen MR) is 219 cm³/mol. The summed E-state index contributed by atoms with van der Waals surface area (Å²) in [5.41, 5.74) is 11.6. The molecule has 7 aromatic carbocycles. The van der Waals surface area contributed by atoms with E-state index < -0.39 is 0 Å². The fraction of sp³-hybridized carbons (Fsp3) is 0.0435. The Morgan fingerprint density at radius 3 is 2.17 bits per heavy atom. The lowest BCUT2D eigenvalue weighted by Gasteiger charge is -2.33. The van der Waals surface area contributed by atoms with Crippen LogP contribution in [0.5, 0.6) is 0 Å². The van der Waals surface area contributed by atoms with Gasteiger partial charge in [-0.05, 0) is 39.1 Å². The van der Waals surface area contributed by atoms with E-state index in [1.807, 2.05) is 11.3 Å². The zero-order chi connectivity index (χ0) is 34.2. The molecule has 2 aliphatic heterocycles. The zero-order valence-corrected chi connectivity index (χ0v) is 28.9. The van der Waals surface area contributed by atoms with Gasteiger partial charge in [0.2, 0.25) is 0 Å². The van der Waals surface area contributed by atoms with Crippen LogP contribution >= 0.6 is 11.3 Å². The number of hydrogen-bond donors (Lipinski definition) is 2. The molecule has 2 atom stereocenters. The van der Waals surface area contributed by atoms with Crippen LogP contribution in [0.4, 0.5) is 0 Å². The van der Waals surface area contributed by atoms with Gasteiger partial charge in [-0.25, -0.2) is 9.98 Å². The molecule has 52 heavy (non-hydrogen) atoms. The number of nitrogens with zero attached hydrogens (tertiary/aromatic N) is 2. The maximum atomic E-state index is 5.37. The molecule has 1 radical (unpaired) electrons. The van der Waals surface area contributed by atoms with E-state index in [0.29, 0.717) is 0 Å². The van der Waals surface area contributed by atoms with Crippen molar-refractivity contribution < 1.29 is 0 Å². The predicted octanol–water partition coefficient (Wildman–Crippen LogP) is 9.40. The first-order valence-electron chi connectivity index (χ1n) is 17.7. The number of aliphatic imine (C=N–C) groups is 1. The minimum atomic E-state index is -0.276.